The second-order valence-corrected chi connectivity index (χ2v) is 8.64. The molecule has 0 saturated heterocycles. The molecule has 3 fully saturated rings. The van der Waals surface area contributed by atoms with Crippen LogP contribution in [0.25, 0.3) is 0 Å². The number of rotatable bonds is 10. The molecule has 0 aliphatic heterocycles. The van der Waals surface area contributed by atoms with E-state index in [-0.39, 0.29) is 0 Å². The Kier molecular flexibility index (Phi) is 3.89. The summed E-state index contributed by atoms with van der Waals surface area (Å²) in [6.45, 7) is 1.66. The summed E-state index contributed by atoms with van der Waals surface area (Å²) in [5.41, 5.74) is 0.362. The zero-order valence-corrected chi connectivity index (χ0v) is 12.5. The van der Waals surface area contributed by atoms with Crippen LogP contribution < -0.4 is 10.0 Å². The van der Waals surface area contributed by atoms with Gasteiger partial charge in [-0.15, -0.1) is 0 Å². The molecule has 0 heterocycles. The van der Waals surface area contributed by atoms with E-state index in [4.69, 9.17) is 0 Å². The van der Waals surface area contributed by atoms with Gasteiger partial charge in [0.2, 0.25) is 10.0 Å². The van der Waals surface area contributed by atoms with Crippen molar-refractivity contribution >= 4 is 10.0 Å². The summed E-state index contributed by atoms with van der Waals surface area (Å²) in [6, 6.07) is 0.725. The van der Waals surface area contributed by atoms with Crippen LogP contribution in [0, 0.1) is 11.3 Å². The van der Waals surface area contributed by atoms with Crippen LogP contribution in [-0.4, -0.2) is 33.3 Å². The van der Waals surface area contributed by atoms with Gasteiger partial charge in [-0.25, -0.2) is 13.1 Å². The fourth-order valence-electron chi connectivity index (χ4n) is 2.92. The van der Waals surface area contributed by atoms with Gasteiger partial charge in [0, 0.05) is 12.6 Å². The van der Waals surface area contributed by atoms with Crippen molar-refractivity contribution < 1.29 is 8.42 Å². The summed E-state index contributed by atoms with van der Waals surface area (Å²) >= 11 is 0. The van der Waals surface area contributed by atoms with Crippen molar-refractivity contribution in [3.8, 4) is 0 Å². The lowest BCUT2D eigenvalue weighted by molar-refractivity contribution is 0.431. The highest BCUT2D eigenvalue weighted by molar-refractivity contribution is 7.89. The van der Waals surface area contributed by atoms with Crippen LogP contribution in [0.4, 0.5) is 0 Å². The largest absolute Gasteiger partial charge is 0.314 e. The van der Waals surface area contributed by atoms with E-state index in [0.29, 0.717) is 17.7 Å². The second-order valence-electron chi connectivity index (χ2n) is 6.71. The molecule has 3 aliphatic rings. The minimum absolute atomic E-state index is 0.292. The molecule has 0 amide bonds. The Hall–Kier alpha value is -0.130. The maximum Gasteiger partial charge on any atom is 0.211 e. The van der Waals surface area contributed by atoms with E-state index in [9.17, 15) is 8.42 Å². The number of hydrogen-bond donors (Lipinski definition) is 2. The molecule has 0 aromatic carbocycles. The third-order valence-corrected chi connectivity index (χ3v) is 6.24. The summed E-state index contributed by atoms with van der Waals surface area (Å²) in [7, 11) is -3.04. The standard InChI is InChI=1S/C14H26N2O2S/c17-19(18,10-2-1-9-15-13-5-6-13)16-11-14(7-8-14)12-3-4-12/h12-13,15-16H,1-11H2. The van der Waals surface area contributed by atoms with Crippen LogP contribution in [0.15, 0.2) is 0 Å². The Balaban J connectivity index is 1.29. The minimum atomic E-state index is -3.04. The summed E-state index contributed by atoms with van der Waals surface area (Å²) in [6.07, 6.45) is 9.41. The number of nitrogens with one attached hydrogen (secondary N) is 2. The van der Waals surface area contributed by atoms with Crippen molar-refractivity contribution in [3.05, 3.63) is 0 Å². The third kappa shape index (κ3) is 4.17. The Morgan fingerprint density at radius 2 is 1.79 bits per heavy atom. The molecule has 3 saturated carbocycles. The van der Waals surface area contributed by atoms with Gasteiger partial charge in [-0.2, -0.15) is 0 Å². The molecule has 2 N–H and O–H groups in total. The van der Waals surface area contributed by atoms with Gasteiger partial charge in [-0.05, 0) is 69.2 Å². The molecular formula is C14H26N2O2S. The average molecular weight is 286 g/mol. The van der Waals surface area contributed by atoms with Crippen molar-refractivity contribution in [2.24, 2.45) is 11.3 Å². The topological polar surface area (TPSA) is 58.2 Å². The molecule has 4 nitrogen and oxygen atoms in total. The van der Waals surface area contributed by atoms with Crippen molar-refractivity contribution in [1.82, 2.24) is 10.0 Å². The number of hydrogen-bond acceptors (Lipinski definition) is 3. The first-order valence-electron chi connectivity index (χ1n) is 7.80. The molecule has 0 atom stereocenters. The van der Waals surface area contributed by atoms with Crippen LogP contribution in [0.1, 0.15) is 51.4 Å². The zero-order valence-electron chi connectivity index (χ0n) is 11.7. The fraction of sp³-hybridized carbons (Fsp3) is 1.00. The number of unbranched alkanes of at least 4 members (excludes halogenated alkanes) is 1. The molecule has 0 aromatic heterocycles. The van der Waals surface area contributed by atoms with Crippen LogP contribution in [0.2, 0.25) is 0 Å². The van der Waals surface area contributed by atoms with E-state index >= 15 is 0 Å². The Labute approximate surface area is 116 Å². The molecule has 19 heavy (non-hydrogen) atoms. The summed E-state index contributed by atoms with van der Waals surface area (Å²) < 4.78 is 26.7. The van der Waals surface area contributed by atoms with E-state index in [1.54, 1.807) is 0 Å². The van der Waals surface area contributed by atoms with Gasteiger partial charge in [0.25, 0.3) is 0 Å². The quantitative estimate of drug-likeness (QED) is 0.600. The van der Waals surface area contributed by atoms with Crippen LogP contribution in [0.3, 0.4) is 0 Å². The first-order valence-corrected chi connectivity index (χ1v) is 9.46. The third-order valence-electron chi connectivity index (χ3n) is 4.83. The molecule has 3 rings (SSSR count). The molecule has 0 aromatic rings. The van der Waals surface area contributed by atoms with Crippen molar-refractivity contribution in [2.45, 2.75) is 57.4 Å². The molecule has 5 heteroatoms. The van der Waals surface area contributed by atoms with Gasteiger partial charge in [-0.1, -0.05) is 0 Å². The monoisotopic (exact) mass is 286 g/mol. The van der Waals surface area contributed by atoms with E-state index in [0.717, 1.165) is 31.3 Å². The molecule has 0 unspecified atom stereocenters. The summed E-state index contributed by atoms with van der Waals surface area (Å²) in [5, 5.41) is 3.42. The maximum atomic E-state index is 11.9. The minimum Gasteiger partial charge on any atom is -0.314 e. The SMILES string of the molecule is O=S(=O)(CCCCNC1CC1)NCC1(C2CC2)CC1. The Bertz CT molecular complexity index is 409. The van der Waals surface area contributed by atoms with Gasteiger partial charge >= 0.3 is 0 Å². The Morgan fingerprint density at radius 3 is 2.37 bits per heavy atom. The molecule has 110 valence electrons. The van der Waals surface area contributed by atoms with E-state index in [1.807, 2.05) is 0 Å². The first kappa shape index (κ1) is 13.8. The van der Waals surface area contributed by atoms with E-state index in [1.165, 1.54) is 38.5 Å². The Morgan fingerprint density at radius 1 is 1.05 bits per heavy atom. The van der Waals surface area contributed by atoms with Gasteiger partial charge in [0.1, 0.15) is 0 Å². The van der Waals surface area contributed by atoms with Gasteiger partial charge < -0.3 is 5.32 Å². The normalized spacial score (nSPS) is 25.5. The van der Waals surface area contributed by atoms with Gasteiger partial charge in [-0.3, -0.25) is 0 Å². The van der Waals surface area contributed by atoms with Gasteiger partial charge in [0.15, 0.2) is 0 Å². The predicted octanol–water partition coefficient (Wildman–Crippen LogP) is 1.63. The molecular weight excluding hydrogens is 260 g/mol. The fourth-order valence-corrected chi connectivity index (χ4v) is 4.16. The summed E-state index contributed by atoms with van der Waals surface area (Å²) in [5.74, 6) is 1.11. The van der Waals surface area contributed by atoms with E-state index < -0.39 is 10.0 Å². The molecule has 0 radical (unpaired) electrons. The molecule has 0 spiro atoms. The van der Waals surface area contributed by atoms with Crippen LogP contribution >= 0.6 is 0 Å². The second kappa shape index (κ2) is 5.34. The lowest BCUT2D eigenvalue weighted by atomic mass is 10.0. The van der Waals surface area contributed by atoms with Crippen LogP contribution in [-0.2, 0) is 10.0 Å². The zero-order chi connectivity index (χ0) is 13.3. The maximum absolute atomic E-state index is 11.9. The first-order chi connectivity index (χ1) is 9.10. The van der Waals surface area contributed by atoms with Gasteiger partial charge in [0.05, 0.1) is 5.75 Å². The smallest absolute Gasteiger partial charge is 0.211 e. The summed E-state index contributed by atoms with van der Waals surface area (Å²) in [4.78, 5) is 0. The highest BCUT2D eigenvalue weighted by atomic mass is 32.2. The van der Waals surface area contributed by atoms with Crippen molar-refractivity contribution in [1.29, 1.82) is 0 Å². The highest BCUT2D eigenvalue weighted by Gasteiger charge is 2.53. The number of sulfonamides is 1. The van der Waals surface area contributed by atoms with E-state index in [2.05, 4.69) is 10.0 Å². The van der Waals surface area contributed by atoms with Crippen LogP contribution in [0.5, 0.6) is 0 Å². The molecule has 0 bridgehead atoms. The predicted molar refractivity (Wildman–Crippen MR) is 76.4 cm³/mol. The lowest BCUT2D eigenvalue weighted by Crippen LogP contribution is -2.33. The van der Waals surface area contributed by atoms with Crippen molar-refractivity contribution in [2.75, 3.05) is 18.8 Å². The highest BCUT2D eigenvalue weighted by Crippen LogP contribution is 2.60. The lowest BCUT2D eigenvalue weighted by Gasteiger charge is -2.15. The average Bonchev–Trinajstić information content (AvgIpc) is 3.24. The van der Waals surface area contributed by atoms with Crippen molar-refractivity contribution in [3.63, 3.8) is 0 Å². The molecule has 3 aliphatic carbocycles.